The van der Waals surface area contributed by atoms with Gasteiger partial charge < -0.3 is 24.5 Å². The Morgan fingerprint density at radius 2 is 2.03 bits per heavy atom. The maximum atomic E-state index is 5.64. The summed E-state index contributed by atoms with van der Waals surface area (Å²) in [7, 11) is 0. The second kappa shape index (κ2) is 13.5. The van der Waals surface area contributed by atoms with Gasteiger partial charge >= 0.3 is 0 Å². The molecule has 2 aliphatic heterocycles. The van der Waals surface area contributed by atoms with Crippen LogP contribution in [0.3, 0.4) is 0 Å². The summed E-state index contributed by atoms with van der Waals surface area (Å²) >= 11 is 0. The average Bonchev–Trinajstić information content (AvgIpc) is 3.44. The number of nitrogens with one attached hydrogen (secondary N) is 2. The van der Waals surface area contributed by atoms with E-state index in [1.54, 1.807) is 6.26 Å². The van der Waals surface area contributed by atoms with Crippen molar-refractivity contribution in [3.63, 3.8) is 0 Å². The van der Waals surface area contributed by atoms with Gasteiger partial charge in [0.25, 0.3) is 0 Å². The van der Waals surface area contributed by atoms with Crippen molar-refractivity contribution in [2.75, 3.05) is 52.5 Å². The molecule has 0 amide bonds. The third-order valence-corrected chi connectivity index (χ3v) is 5.66. The number of furan rings is 1. The predicted octanol–water partition coefficient (Wildman–Crippen LogP) is 3.00. The number of rotatable bonds is 10. The van der Waals surface area contributed by atoms with Crippen LogP contribution in [-0.4, -0.2) is 68.9 Å². The molecule has 3 rings (SSSR count). The molecule has 0 spiro atoms. The molecule has 0 radical (unpaired) electrons. The number of ether oxygens (including phenoxy) is 2. The highest BCUT2D eigenvalue weighted by molar-refractivity contribution is 14.0. The Balaban J connectivity index is 0.00000300. The fourth-order valence-electron chi connectivity index (χ4n) is 4.03. The smallest absolute Gasteiger partial charge is 0.191 e. The molecule has 0 bridgehead atoms. The molecule has 1 aromatic rings. The fourth-order valence-corrected chi connectivity index (χ4v) is 4.03. The first-order valence-electron chi connectivity index (χ1n) is 10.8. The quantitative estimate of drug-likeness (QED) is 0.214. The van der Waals surface area contributed by atoms with Gasteiger partial charge in [-0.3, -0.25) is 9.89 Å². The molecule has 0 saturated carbocycles. The van der Waals surface area contributed by atoms with Gasteiger partial charge in [-0.2, -0.15) is 0 Å². The molecule has 29 heavy (non-hydrogen) atoms. The minimum Gasteiger partial charge on any atom is -0.467 e. The minimum absolute atomic E-state index is 0. The molecule has 0 aliphatic carbocycles. The Morgan fingerprint density at radius 1 is 1.24 bits per heavy atom. The second-order valence-electron chi connectivity index (χ2n) is 7.64. The summed E-state index contributed by atoms with van der Waals surface area (Å²) in [6.07, 6.45) is 7.38. The van der Waals surface area contributed by atoms with Crippen LogP contribution in [0.1, 0.15) is 44.8 Å². The van der Waals surface area contributed by atoms with E-state index in [1.165, 1.54) is 25.9 Å². The Kier molecular flexibility index (Phi) is 11.3. The maximum Gasteiger partial charge on any atom is 0.191 e. The van der Waals surface area contributed by atoms with E-state index < -0.39 is 0 Å². The van der Waals surface area contributed by atoms with Gasteiger partial charge in [-0.1, -0.05) is 0 Å². The Morgan fingerprint density at radius 3 is 2.72 bits per heavy atom. The zero-order chi connectivity index (χ0) is 19.5. The van der Waals surface area contributed by atoms with E-state index in [4.69, 9.17) is 18.9 Å². The van der Waals surface area contributed by atoms with Crippen molar-refractivity contribution < 1.29 is 13.9 Å². The van der Waals surface area contributed by atoms with E-state index >= 15 is 0 Å². The van der Waals surface area contributed by atoms with Crippen LogP contribution in [0.2, 0.25) is 0 Å². The first-order chi connectivity index (χ1) is 13.8. The topological polar surface area (TPSA) is 71.3 Å². The molecule has 2 N–H and O–H groups in total. The van der Waals surface area contributed by atoms with E-state index in [0.717, 1.165) is 63.8 Å². The first kappa shape index (κ1) is 24.4. The number of hydrogen-bond acceptors (Lipinski definition) is 5. The lowest BCUT2D eigenvalue weighted by Crippen LogP contribution is -2.54. The standard InChI is InChI=1S/C21H36N4O3.HI/c1-2-22-20(23-10-6-13-27-17-19-7-5-14-28-19)24-18-21(8-15-26-16-9-21)25-11-3-4-12-25;/h5,7,14H,2-4,6,8-13,15-18H2,1H3,(H2,22,23,24);1H. The summed E-state index contributed by atoms with van der Waals surface area (Å²) in [4.78, 5) is 7.61. The van der Waals surface area contributed by atoms with Gasteiger partial charge in [0, 0.05) is 38.4 Å². The van der Waals surface area contributed by atoms with Crippen LogP contribution in [0.5, 0.6) is 0 Å². The van der Waals surface area contributed by atoms with Gasteiger partial charge in [-0.05, 0) is 64.3 Å². The number of guanidine groups is 1. The predicted molar refractivity (Wildman–Crippen MR) is 126 cm³/mol. The van der Waals surface area contributed by atoms with Crippen molar-refractivity contribution in [3.05, 3.63) is 24.2 Å². The highest BCUT2D eigenvalue weighted by atomic mass is 127. The third-order valence-electron chi connectivity index (χ3n) is 5.66. The van der Waals surface area contributed by atoms with Gasteiger partial charge in [0.1, 0.15) is 12.4 Å². The van der Waals surface area contributed by atoms with Gasteiger partial charge in [-0.25, -0.2) is 0 Å². The Hall–Kier alpha value is -0.840. The summed E-state index contributed by atoms with van der Waals surface area (Å²) in [6, 6.07) is 3.81. The van der Waals surface area contributed by atoms with E-state index in [0.29, 0.717) is 13.2 Å². The summed E-state index contributed by atoms with van der Waals surface area (Å²) in [5.74, 6) is 1.77. The lowest BCUT2D eigenvalue weighted by Gasteiger charge is -2.43. The van der Waals surface area contributed by atoms with Crippen molar-refractivity contribution in [1.29, 1.82) is 0 Å². The Labute approximate surface area is 192 Å². The first-order valence-corrected chi connectivity index (χ1v) is 10.8. The average molecular weight is 520 g/mol. The highest BCUT2D eigenvalue weighted by Crippen LogP contribution is 2.31. The number of nitrogens with zero attached hydrogens (tertiary/aromatic N) is 2. The Bertz CT molecular complexity index is 570. The van der Waals surface area contributed by atoms with Crippen molar-refractivity contribution in [2.24, 2.45) is 4.99 Å². The summed E-state index contributed by atoms with van der Waals surface area (Å²) < 4.78 is 16.6. The molecule has 2 saturated heterocycles. The van der Waals surface area contributed by atoms with E-state index in [-0.39, 0.29) is 29.5 Å². The highest BCUT2D eigenvalue weighted by Gasteiger charge is 2.39. The fraction of sp³-hybridized carbons (Fsp3) is 0.762. The number of halogens is 1. The number of likely N-dealkylation sites (tertiary alicyclic amines) is 1. The van der Waals surface area contributed by atoms with Crippen molar-refractivity contribution in [3.8, 4) is 0 Å². The lowest BCUT2D eigenvalue weighted by molar-refractivity contribution is -0.0139. The van der Waals surface area contributed by atoms with E-state index in [1.807, 2.05) is 12.1 Å². The third kappa shape index (κ3) is 7.73. The van der Waals surface area contributed by atoms with Crippen LogP contribution in [0.4, 0.5) is 0 Å². The molecule has 0 atom stereocenters. The lowest BCUT2D eigenvalue weighted by atomic mass is 9.88. The van der Waals surface area contributed by atoms with Crippen LogP contribution in [0.15, 0.2) is 27.8 Å². The molecular formula is C21H37IN4O3. The van der Waals surface area contributed by atoms with Crippen LogP contribution in [0, 0.1) is 0 Å². The van der Waals surface area contributed by atoms with E-state index in [2.05, 4.69) is 22.5 Å². The molecule has 2 fully saturated rings. The second-order valence-corrected chi connectivity index (χ2v) is 7.64. The molecule has 0 unspecified atom stereocenters. The molecule has 166 valence electrons. The molecule has 3 heterocycles. The van der Waals surface area contributed by atoms with Gasteiger partial charge in [-0.15, -0.1) is 24.0 Å². The maximum absolute atomic E-state index is 5.64. The van der Waals surface area contributed by atoms with Crippen molar-refractivity contribution >= 4 is 29.9 Å². The van der Waals surface area contributed by atoms with Gasteiger partial charge in [0.2, 0.25) is 0 Å². The van der Waals surface area contributed by atoms with Crippen molar-refractivity contribution in [1.82, 2.24) is 15.5 Å². The van der Waals surface area contributed by atoms with Crippen LogP contribution in [-0.2, 0) is 16.1 Å². The van der Waals surface area contributed by atoms with Crippen LogP contribution >= 0.6 is 24.0 Å². The van der Waals surface area contributed by atoms with Crippen molar-refractivity contribution in [2.45, 2.75) is 51.2 Å². The van der Waals surface area contributed by atoms with Gasteiger partial charge in [0.15, 0.2) is 5.96 Å². The molecule has 0 aromatic carbocycles. The summed E-state index contributed by atoms with van der Waals surface area (Å²) in [5.41, 5.74) is 0.170. The normalized spacial score (nSPS) is 19.7. The number of aliphatic imine (C=N–C) groups is 1. The molecule has 1 aromatic heterocycles. The molecular weight excluding hydrogens is 483 g/mol. The van der Waals surface area contributed by atoms with Crippen LogP contribution < -0.4 is 10.6 Å². The zero-order valence-corrected chi connectivity index (χ0v) is 20.0. The number of hydrogen-bond donors (Lipinski definition) is 2. The van der Waals surface area contributed by atoms with E-state index in [9.17, 15) is 0 Å². The minimum atomic E-state index is 0. The summed E-state index contributed by atoms with van der Waals surface area (Å²) in [5, 5.41) is 6.82. The monoisotopic (exact) mass is 520 g/mol. The molecule has 2 aliphatic rings. The zero-order valence-electron chi connectivity index (χ0n) is 17.7. The largest absolute Gasteiger partial charge is 0.467 e. The van der Waals surface area contributed by atoms with Crippen LogP contribution in [0.25, 0.3) is 0 Å². The molecule has 8 heteroatoms. The van der Waals surface area contributed by atoms with Gasteiger partial charge in [0.05, 0.1) is 12.8 Å². The summed E-state index contributed by atoms with van der Waals surface area (Å²) in [6.45, 7) is 9.97. The SMILES string of the molecule is CCNC(=NCC1(N2CCCC2)CCOCC1)NCCCOCc1ccco1.I. The molecule has 7 nitrogen and oxygen atoms in total.